The third kappa shape index (κ3) is 5.95. The van der Waals surface area contributed by atoms with Gasteiger partial charge in [0.1, 0.15) is 39.2 Å². The lowest BCUT2D eigenvalue weighted by molar-refractivity contribution is -0.116. The summed E-state index contributed by atoms with van der Waals surface area (Å²) >= 11 is 0. The average Bonchev–Trinajstić information content (AvgIpc) is 3.28. The van der Waals surface area contributed by atoms with Crippen LogP contribution in [0, 0.1) is 5.82 Å². The summed E-state index contributed by atoms with van der Waals surface area (Å²) in [7, 11) is -3.19. The van der Waals surface area contributed by atoms with Crippen LogP contribution in [0.15, 0.2) is 35.4 Å². The molecule has 0 saturated carbocycles. The maximum atomic E-state index is 13.4. The Kier molecular flexibility index (Phi) is 7.29. The van der Waals surface area contributed by atoms with E-state index in [-0.39, 0.29) is 41.7 Å². The van der Waals surface area contributed by atoms with Crippen LogP contribution >= 0.6 is 0 Å². The van der Waals surface area contributed by atoms with Gasteiger partial charge < -0.3 is 15.2 Å². The van der Waals surface area contributed by atoms with Crippen LogP contribution in [0.2, 0.25) is 0 Å². The number of aromatic nitrogens is 4. The summed E-state index contributed by atoms with van der Waals surface area (Å²) < 4.78 is 77.1. The van der Waals surface area contributed by atoms with E-state index in [1.165, 1.54) is 17.4 Å². The van der Waals surface area contributed by atoms with E-state index in [4.69, 9.17) is 0 Å². The molecule has 2 amide bonds. The Labute approximate surface area is 206 Å². The molecule has 1 unspecified atom stereocenters. The predicted molar refractivity (Wildman–Crippen MR) is 121 cm³/mol. The van der Waals surface area contributed by atoms with E-state index in [1.807, 2.05) is 0 Å². The van der Waals surface area contributed by atoms with Crippen molar-refractivity contribution in [3.8, 4) is 0 Å². The highest BCUT2D eigenvalue weighted by Gasteiger charge is 2.29. The zero-order valence-electron chi connectivity index (χ0n) is 18.9. The van der Waals surface area contributed by atoms with Gasteiger partial charge >= 0.3 is 0 Å². The molecule has 0 aromatic carbocycles. The highest BCUT2D eigenvalue weighted by Crippen LogP contribution is 2.28. The van der Waals surface area contributed by atoms with Crippen molar-refractivity contribution in [3.05, 3.63) is 58.0 Å². The highest BCUT2D eigenvalue weighted by molar-refractivity contribution is 7.91. The number of carbonyl (C=O) groups is 2. The van der Waals surface area contributed by atoms with Gasteiger partial charge in [0.05, 0.1) is 23.4 Å². The first-order chi connectivity index (χ1) is 17.4. The Morgan fingerprint density at radius 2 is 1.86 bits per heavy atom. The Morgan fingerprint density at radius 1 is 1.16 bits per heavy atom. The first-order valence-electron chi connectivity index (χ1n) is 10.9. The highest BCUT2D eigenvalue weighted by atomic mass is 32.2. The Morgan fingerprint density at radius 3 is 2.49 bits per heavy atom. The first-order valence-corrected chi connectivity index (χ1v) is 12.7. The largest absolute Gasteiger partial charge is 0.322 e. The Balaban J connectivity index is 1.71. The third-order valence-corrected chi connectivity index (χ3v) is 7.44. The fourth-order valence-electron chi connectivity index (χ4n) is 3.85. The monoisotopic (exact) mass is 544 g/mol. The molecule has 0 spiro atoms. The van der Waals surface area contributed by atoms with E-state index in [0.717, 1.165) is 27.5 Å². The van der Waals surface area contributed by atoms with Crippen molar-refractivity contribution in [1.29, 1.82) is 0 Å². The molecular weight excluding hydrogens is 524 g/mol. The number of fused-ring (bicyclic) bond motifs is 1. The molecule has 4 rings (SSSR count). The number of amides is 2. The minimum absolute atomic E-state index is 0.0104. The van der Waals surface area contributed by atoms with Crippen LogP contribution in [0.25, 0.3) is 5.65 Å². The molecule has 4 heterocycles. The molecule has 16 heteroatoms. The molecule has 11 nitrogen and oxygen atoms in total. The molecule has 0 aliphatic carbocycles. The molecule has 0 bridgehead atoms. The number of rotatable bonds is 7. The van der Waals surface area contributed by atoms with Crippen molar-refractivity contribution < 1.29 is 35.6 Å². The van der Waals surface area contributed by atoms with Crippen LogP contribution in [0.3, 0.4) is 0 Å². The maximum absolute atomic E-state index is 13.4. The quantitative estimate of drug-likeness (QED) is 0.337. The van der Waals surface area contributed by atoms with E-state index in [0.29, 0.717) is 5.69 Å². The molecular formula is C21H20F4N6O5S. The van der Waals surface area contributed by atoms with E-state index in [1.54, 1.807) is 0 Å². The number of alkyl halides is 3. The summed E-state index contributed by atoms with van der Waals surface area (Å²) in [6, 6.07) is 3.71. The van der Waals surface area contributed by atoms with Gasteiger partial charge in [0, 0.05) is 18.2 Å². The Hall–Kier alpha value is -3.82. The van der Waals surface area contributed by atoms with Crippen LogP contribution in [-0.4, -0.2) is 63.6 Å². The average molecular weight is 544 g/mol. The minimum Gasteiger partial charge on any atom is -0.322 e. The van der Waals surface area contributed by atoms with Crippen molar-refractivity contribution >= 4 is 33.1 Å². The van der Waals surface area contributed by atoms with Crippen LogP contribution in [0.1, 0.15) is 34.8 Å². The molecule has 1 aliphatic rings. The Bertz CT molecular complexity index is 1490. The lowest BCUT2D eigenvalue weighted by Gasteiger charge is -2.19. The van der Waals surface area contributed by atoms with Gasteiger partial charge in [-0.3, -0.25) is 14.4 Å². The van der Waals surface area contributed by atoms with Crippen LogP contribution in [-0.2, 0) is 21.2 Å². The van der Waals surface area contributed by atoms with Crippen molar-refractivity contribution in [2.24, 2.45) is 0 Å². The normalized spacial score (nSPS) is 16.6. The van der Waals surface area contributed by atoms with Gasteiger partial charge in [0.2, 0.25) is 12.2 Å². The fraction of sp³-hybridized carbons (Fsp3) is 0.381. The molecule has 0 radical (unpaired) electrons. The number of carbonyl (C=O) groups excluding carboxylic acids is 2. The molecule has 198 valence electrons. The van der Waals surface area contributed by atoms with Crippen molar-refractivity contribution in [3.63, 3.8) is 0 Å². The second-order valence-corrected chi connectivity index (χ2v) is 10.7. The molecule has 3 aromatic rings. The number of hydrogen-bond donors (Lipinski definition) is 2. The number of hydrogen-bond acceptors (Lipinski definition) is 7. The number of anilines is 1. The molecule has 1 aliphatic heterocycles. The second kappa shape index (κ2) is 10.3. The van der Waals surface area contributed by atoms with Gasteiger partial charge in [0.25, 0.3) is 17.9 Å². The maximum Gasteiger partial charge on any atom is 0.287 e. The summed E-state index contributed by atoms with van der Waals surface area (Å²) in [5, 5.41) is 7.97. The zero-order valence-corrected chi connectivity index (χ0v) is 19.7. The van der Waals surface area contributed by atoms with E-state index >= 15 is 0 Å². The van der Waals surface area contributed by atoms with Gasteiger partial charge in [-0.15, -0.1) is 0 Å². The molecule has 2 N–H and O–H groups in total. The fourth-order valence-corrected chi connectivity index (χ4v) is 5.35. The van der Waals surface area contributed by atoms with Gasteiger partial charge in [-0.2, -0.15) is 9.61 Å². The first kappa shape index (κ1) is 26.2. The molecule has 1 saturated heterocycles. The van der Waals surface area contributed by atoms with E-state index < -0.39 is 57.9 Å². The lowest BCUT2D eigenvalue weighted by atomic mass is 9.99. The summed E-state index contributed by atoms with van der Waals surface area (Å²) in [5.74, 6) is -3.28. The SMILES string of the molecule is O=C(Cn1cc(C(=O)NC(F)C(F)F)c(=O)n2nc(C3CCS(=O)(=O)CC3)cc12)Nc1ccc(F)cn1. The van der Waals surface area contributed by atoms with Gasteiger partial charge in [0.15, 0.2) is 0 Å². The van der Waals surface area contributed by atoms with Gasteiger partial charge in [-0.25, -0.2) is 31.0 Å². The molecule has 1 fully saturated rings. The van der Waals surface area contributed by atoms with Gasteiger partial charge in [-0.1, -0.05) is 0 Å². The predicted octanol–water partition coefficient (Wildman–Crippen LogP) is 1.25. The molecule has 3 aromatic heterocycles. The summed E-state index contributed by atoms with van der Waals surface area (Å²) in [6.45, 7) is -0.527. The number of halogens is 4. The minimum atomic E-state index is -3.54. The van der Waals surface area contributed by atoms with Crippen molar-refractivity contribution in [2.75, 3.05) is 16.8 Å². The summed E-state index contributed by atoms with van der Waals surface area (Å²) in [6.07, 6.45) is -4.33. The number of nitrogens with one attached hydrogen (secondary N) is 2. The lowest BCUT2D eigenvalue weighted by Crippen LogP contribution is -2.40. The zero-order chi connectivity index (χ0) is 26.9. The van der Waals surface area contributed by atoms with Crippen LogP contribution in [0.5, 0.6) is 0 Å². The summed E-state index contributed by atoms with van der Waals surface area (Å²) in [5.41, 5.74) is -1.45. The van der Waals surface area contributed by atoms with Crippen LogP contribution in [0.4, 0.5) is 23.4 Å². The van der Waals surface area contributed by atoms with Crippen LogP contribution < -0.4 is 16.2 Å². The smallest absolute Gasteiger partial charge is 0.287 e. The molecule has 37 heavy (non-hydrogen) atoms. The van der Waals surface area contributed by atoms with Crippen molar-refractivity contribution in [2.45, 2.75) is 38.0 Å². The van der Waals surface area contributed by atoms with Crippen molar-refractivity contribution in [1.82, 2.24) is 24.5 Å². The van der Waals surface area contributed by atoms with E-state index in [9.17, 15) is 40.4 Å². The molecule has 1 atom stereocenters. The second-order valence-electron chi connectivity index (χ2n) is 8.36. The number of pyridine rings is 1. The third-order valence-electron chi connectivity index (χ3n) is 5.73. The van der Waals surface area contributed by atoms with Gasteiger partial charge in [-0.05, 0) is 25.0 Å². The number of sulfone groups is 1. The topological polar surface area (TPSA) is 145 Å². The standard InChI is InChI=1S/C21H20F4N6O5S/c22-12-1-2-15(26-8-12)27-16(32)10-30-9-13(20(33)28-19(25)18(23)24)21(34)31-17(30)7-14(29-31)11-3-5-37(35,36)6-4-11/h1-2,7-9,11,18-19H,3-6,10H2,(H,28,33)(H,26,27,32). The number of nitrogens with zero attached hydrogens (tertiary/aromatic N) is 4. The summed E-state index contributed by atoms with van der Waals surface area (Å²) in [4.78, 5) is 41.7. The van der Waals surface area contributed by atoms with E-state index in [2.05, 4.69) is 15.4 Å².